The zero-order valence-corrected chi connectivity index (χ0v) is 43.8. The van der Waals surface area contributed by atoms with Gasteiger partial charge in [-0.25, -0.2) is 26.8 Å². The van der Waals surface area contributed by atoms with Crippen molar-refractivity contribution in [1.82, 2.24) is 39.7 Å². The Morgan fingerprint density at radius 1 is 0.532 bits per heavy atom. The fourth-order valence-corrected chi connectivity index (χ4v) is 14.3. The van der Waals surface area contributed by atoms with Crippen LogP contribution in [0, 0.1) is 0 Å². The fourth-order valence-electron chi connectivity index (χ4n) is 9.76. The molecule has 77 heavy (non-hydrogen) atoms. The first-order chi connectivity index (χ1) is 36.8. The largest absolute Gasteiger partial charge is 0.416 e. The lowest BCUT2D eigenvalue weighted by molar-refractivity contribution is -0.138. The van der Waals surface area contributed by atoms with Crippen molar-refractivity contribution < 1.29 is 43.2 Å². The van der Waals surface area contributed by atoms with Crippen molar-refractivity contribution in [2.45, 2.75) is 45.7 Å². The van der Waals surface area contributed by atoms with E-state index in [1.807, 2.05) is 19.2 Å². The summed E-state index contributed by atoms with van der Waals surface area (Å²) in [5.41, 5.74) is 3.18. The van der Waals surface area contributed by atoms with Gasteiger partial charge in [-0.2, -0.15) is 36.5 Å². The van der Waals surface area contributed by atoms with E-state index >= 15 is 0 Å². The summed E-state index contributed by atoms with van der Waals surface area (Å²) < 4.78 is 138. The van der Waals surface area contributed by atoms with Crippen molar-refractivity contribution in [3.8, 4) is 44.8 Å². The second-order valence-electron chi connectivity index (χ2n) is 18.8. The Hall–Kier alpha value is -7.08. The number of nitrogens with one attached hydrogen (secondary N) is 1. The van der Waals surface area contributed by atoms with E-state index in [4.69, 9.17) is 0 Å². The van der Waals surface area contributed by atoms with E-state index in [1.54, 1.807) is 118 Å². The number of alkyl halides is 6. The standard InChI is InChI=1S/C28H23F3N4O2S2.C27H21F3N4O2S2/c1-34-15-20(16-34)35-26(9-10-33-35)25-14-19(28(29,30)31)5-7-24(25)23-4-2-3-18-13-21(6-8-22(18)23)39(36,37)17-27-32-11-12-38-27;28-27(29,30)18-4-6-23(24(13-18)25-8-9-33-34(25)19-14-31-15-19)22-3-1-2-17-12-20(5-7-21(17)22)38(35,36)16-26-32-10-11-37-26/h2-14,20H,15-17H2,1H3;1-13,19,31H,14-16H2. The summed E-state index contributed by atoms with van der Waals surface area (Å²) in [6, 6.07) is 31.7. The molecule has 12 nitrogen and oxygen atoms in total. The molecular formula is C55H44F6N8O4S4. The number of sulfone groups is 2. The summed E-state index contributed by atoms with van der Waals surface area (Å²) >= 11 is 2.56. The van der Waals surface area contributed by atoms with Gasteiger partial charge >= 0.3 is 12.4 Å². The van der Waals surface area contributed by atoms with E-state index in [0.717, 1.165) is 36.0 Å². The van der Waals surface area contributed by atoms with Gasteiger partial charge in [0, 0.05) is 72.9 Å². The highest BCUT2D eigenvalue weighted by Gasteiger charge is 2.35. The first-order valence-electron chi connectivity index (χ1n) is 24.0. The van der Waals surface area contributed by atoms with Crippen molar-refractivity contribution >= 4 is 63.9 Å². The number of likely N-dealkylation sites (N-methyl/N-ethyl adjacent to an activating group) is 1. The van der Waals surface area contributed by atoms with Crippen LogP contribution < -0.4 is 5.32 Å². The first-order valence-corrected chi connectivity index (χ1v) is 29.1. The van der Waals surface area contributed by atoms with Gasteiger partial charge in [-0.3, -0.25) is 9.36 Å². The van der Waals surface area contributed by atoms with Gasteiger partial charge in [0.1, 0.15) is 21.5 Å². The third-order valence-corrected chi connectivity index (χ3v) is 18.9. The minimum absolute atomic E-state index is 0.0560. The average molecular weight is 1120 g/mol. The number of rotatable bonds is 12. The van der Waals surface area contributed by atoms with Crippen molar-refractivity contribution in [1.29, 1.82) is 0 Å². The topological polar surface area (TPSA) is 145 Å². The summed E-state index contributed by atoms with van der Waals surface area (Å²) in [6.07, 6.45) is -2.67. The second kappa shape index (κ2) is 20.4. The Bertz CT molecular complexity index is 4040. The molecule has 0 radical (unpaired) electrons. The Morgan fingerprint density at radius 3 is 1.38 bits per heavy atom. The van der Waals surface area contributed by atoms with Crippen LogP contribution in [-0.4, -0.2) is 84.5 Å². The zero-order valence-electron chi connectivity index (χ0n) is 40.6. The molecule has 0 unspecified atom stereocenters. The predicted molar refractivity (Wildman–Crippen MR) is 286 cm³/mol. The molecule has 2 saturated heterocycles. The van der Waals surface area contributed by atoms with Crippen molar-refractivity contribution in [3.63, 3.8) is 0 Å². The molecule has 0 aliphatic carbocycles. The summed E-state index contributed by atoms with van der Waals surface area (Å²) in [5.74, 6) is -0.391. The minimum atomic E-state index is -4.51. The fraction of sp³-hybridized carbons (Fsp3) is 0.200. The van der Waals surface area contributed by atoms with E-state index in [2.05, 4.69) is 30.4 Å². The lowest BCUT2D eigenvalue weighted by atomic mass is 9.91. The normalized spacial score (nSPS) is 14.8. The highest BCUT2D eigenvalue weighted by Crippen LogP contribution is 2.44. The number of thiazole rings is 2. The summed E-state index contributed by atoms with van der Waals surface area (Å²) in [5, 5.41) is 19.3. The third kappa shape index (κ3) is 10.6. The van der Waals surface area contributed by atoms with Gasteiger partial charge in [0.05, 0.1) is 44.4 Å². The molecule has 6 aromatic carbocycles. The molecule has 0 saturated carbocycles. The Kier molecular flexibility index (Phi) is 13.8. The van der Waals surface area contributed by atoms with Crippen LogP contribution in [0.25, 0.3) is 66.3 Å². The van der Waals surface area contributed by atoms with Crippen LogP contribution in [0.3, 0.4) is 0 Å². The highest BCUT2D eigenvalue weighted by molar-refractivity contribution is 7.91. The molecule has 0 amide bonds. The number of hydrogen-bond donors (Lipinski definition) is 1. The van der Waals surface area contributed by atoms with E-state index in [-0.39, 0.29) is 33.4 Å². The number of fused-ring (bicyclic) bond motifs is 2. The van der Waals surface area contributed by atoms with Crippen LogP contribution in [0.4, 0.5) is 26.3 Å². The number of hydrogen-bond acceptors (Lipinski definition) is 12. The van der Waals surface area contributed by atoms with Crippen LogP contribution in [0.15, 0.2) is 167 Å². The van der Waals surface area contributed by atoms with Gasteiger partial charge in [-0.05, 0) is 112 Å². The van der Waals surface area contributed by atoms with Gasteiger partial charge < -0.3 is 10.2 Å². The molecule has 4 aromatic heterocycles. The molecule has 2 aliphatic rings. The van der Waals surface area contributed by atoms with Crippen LogP contribution in [-0.2, 0) is 43.5 Å². The second-order valence-corrected chi connectivity index (χ2v) is 24.7. The van der Waals surface area contributed by atoms with Crippen molar-refractivity contribution in [2.24, 2.45) is 0 Å². The molecule has 394 valence electrons. The van der Waals surface area contributed by atoms with E-state index in [1.165, 1.54) is 46.9 Å². The Labute approximate surface area is 446 Å². The summed E-state index contributed by atoms with van der Waals surface area (Å²) in [7, 11) is -5.27. The SMILES string of the molecule is CN1CC(n2nccc2-c2cc(C(F)(F)F)ccc2-c2cccc3cc(S(=O)(=O)Cc4nccs4)ccc23)C1.O=S(=O)(Cc1nccs1)c1ccc2c(-c3ccc(C(F)(F)F)cc3-c3ccnn3C3CNC3)cccc2c1. The first kappa shape index (κ1) is 52.0. The molecule has 10 aromatic rings. The number of halogens is 6. The summed E-state index contributed by atoms with van der Waals surface area (Å²) in [4.78, 5) is 10.6. The van der Waals surface area contributed by atoms with Crippen molar-refractivity contribution in [3.05, 3.63) is 178 Å². The van der Waals surface area contributed by atoms with E-state index in [9.17, 15) is 43.2 Å². The van der Waals surface area contributed by atoms with Crippen LogP contribution in [0.1, 0.15) is 33.2 Å². The van der Waals surface area contributed by atoms with Gasteiger partial charge in [-0.15, -0.1) is 22.7 Å². The molecule has 12 rings (SSSR count). The number of aromatic nitrogens is 6. The quantitative estimate of drug-likeness (QED) is 0.117. The number of benzene rings is 6. The van der Waals surface area contributed by atoms with Gasteiger partial charge in [0.15, 0.2) is 19.7 Å². The van der Waals surface area contributed by atoms with Gasteiger partial charge in [-0.1, -0.05) is 60.7 Å². The summed E-state index contributed by atoms with van der Waals surface area (Å²) in [6.45, 7) is 2.90. The smallest absolute Gasteiger partial charge is 0.312 e. The third-order valence-electron chi connectivity index (χ3n) is 13.7. The molecule has 2 fully saturated rings. The molecule has 22 heteroatoms. The molecule has 2 aliphatic heterocycles. The molecule has 0 atom stereocenters. The molecular weight excluding hydrogens is 1080 g/mol. The predicted octanol–water partition coefficient (Wildman–Crippen LogP) is 12.3. The maximum atomic E-state index is 13.8. The minimum Gasteiger partial charge on any atom is -0.312 e. The molecule has 0 bridgehead atoms. The Balaban J connectivity index is 0.000000164. The highest BCUT2D eigenvalue weighted by atomic mass is 32.2. The lowest BCUT2D eigenvalue weighted by Gasteiger charge is -2.37. The van der Waals surface area contributed by atoms with Crippen LogP contribution in [0.2, 0.25) is 0 Å². The molecule has 1 N–H and O–H groups in total. The maximum absolute atomic E-state index is 13.8. The molecule has 0 spiro atoms. The van der Waals surface area contributed by atoms with Crippen LogP contribution in [0.5, 0.6) is 0 Å². The molecule has 6 heterocycles. The van der Waals surface area contributed by atoms with Crippen LogP contribution >= 0.6 is 22.7 Å². The zero-order chi connectivity index (χ0) is 53.9. The van der Waals surface area contributed by atoms with Gasteiger partial charge in [0.2, 0.25) is 0 Å². The van der Waals surface area contributed by atoms with Crippen molar-refractivity contribution in [2.75, 3.05) is 33.2 Å². The van der Waals surface area contributed by atoms with E-state index in [0.29, 0.717) is 78.6 Å². The van der Waals surface area contributed by atoms with E-state index < -0.39 is 43.2 Å². The maximum Gasteiger partial charge on any atom is 0.416 e. The lowest BCUT2D eigenvalue weighted by Crippen LogP contribution is -2.45. The number of nitrogens with zero attached hydrogens (tertiary/aromatic N) is 7. The van der Waals surface area contributed by atoms with Gasteiger partial charge in [0.25, 0.3) is 0 Å². The average Bonchev–Trinajstić information content (AvgIpc) is 4.26. The Morgan fingerprint density at radius 2 is 0.987 bits per heavy atom. The monoisotopic (exact) mass is 1120 g/mol. The number of likely N-dealkylation sites (tertiary alicyclic amines) is 1.